The van der Waals surface area contributed by atoms with Crippen LogP contribution in [0.15, 0.2) is 36.4 Å². The van der Waals surface area contributed by atoms with Crippen LogP contribution in [0.4, 0.5) is 32.3 Å². The van der Waals surface area contributed by atoms with Gasteiger partial charge in [0, 0.05) is 36.6 Å². The first-order valence-electron chi connectivity index (χ1n) is 12.0. The maximum atomic E-state index is 12.7. The lowest BCUT2D eigenvalue weighted by atomic mass is 10.2. The number of carbonyl (C=O) groups is 4. The molecule has 39 heavy (non-hydrogen) atoms. The molecule has 0 unspecified atom stereocenters. The van der Waals surface area contributed by atoms with Crippen LogP contribution in [0.1, 0.15) is 0 Å². The summed E-state index contributed by atoms with van der Waals surface area (Å²) in [5, 5.41) is 30.6. The molecule has 14 heteroatoms. The zero-order chi connectivity index (χ0) is 28.6. The third-order valence-corrected chi connectivity index (χ3v) is 6.21. The van der Waals surface area contributed by atoms with Crippen molar-refractivity contribution in [1.29, 1.82) is 0 Å². The number of methoxy groups -OCH3 is 2. The number of ether oxygens (including phenoxy) is 2. The number of quaternary nitrogens is 1. The van der Waals surface area contributed by atoms with E-state index in [0.29, 0.717) is 42.0 Å². The number of hydrogen-bond acceptors (Lipinski definition) is 9. The van der Waals surface area contributed by atoms with E-state index in [1.807, 2.05) is 11.9 Å². The van der Waals surface area contributed by atoms with Gasteiger partial charge in [0.2, 0.25) is 5.91 Å². The Morgan fingerprint density at radius 1 is 0.795 bits per heavy atom. The van der Waals surface area contributed by atoms with Gasteiger partial charge in [-0.3, -0.25) is 25.1 Å². The molecule has 0 radical (unpaired) electrons. The lowest BCUT2D eigenvalue weighted by Crippen LogP contribution is -2.60. The molecule has 0 aromatic heterocycles. The number of likely N-dealkylation sites (N-methyl/N-ethyl adjacent to an activating group) is 1. The van der Waals surface area contributed by atoms with Crippen LogP contribution in [-0.4, -0.2) is 104 Å². The number of aromatic hydroxyl groups is 2. The Labute approximate surface area is 225 Å². The summed E-state index contributed by atoms with van der Waals surface area (Å²) in [4.78, 5) is 49.8. The average Bonchev–Trinajstić information content (AvgIpc) is 2.88. The molecule has 1 aliphatic rings. The molecule has 1 aliphatic heterocycles. The lowest BCUT2D eigenvalue weighted by Gasteiger charge is -2.41. The van der Waals surface area contributed by atoms with Gasteiger partial charge in [-0.15, -0.1) is 0 Å². The number of piperazine rings is 1. The second kappa shape index (κ2) is 12.8. The van der Waals surface area contributed by atoms with Gasteiger partial charge in [0.25, 0.3) is 5.91 Å². The van der Waals surface area contributed by atoms with Crippen molar-refractivity contribution in [2.24, 2.45) is 0 Å². The molecule has 2 aromatic rings. The highest BCUT2D eigenvalue weighted by Gasteiger charge is 2.32. The fourth-order valence-electron chi connectivity index (χ4n) is 4.00. The van der Waals surface area contributed by atoms with E-state index in [9.17, 15) is 29.4 Å². The molecule has 1 fully saturated rings. The molecule has 3 rings (SSSR count). The molecule has 1 saturated heterocycles. The van der Waals surface area contributed by atoms with Crippen LogP contribution in [0.3, 0.4) is 0 Å². The summed E-state index contributed by atoms with van der Waals surface area (Å²) in [6.45, 7) is 2.66. The van der Waals surface area contributed by atoms with E-state index in [1.165, 1.54) is 50.6 Å². The van der Waals surface area contributed by atoms with E-state index in [-0.39, 0.29) is 47.8 Å². The highest BCUT2D eigenvalue weighted by molar-refractivity contribution is 5.95. The first-order valence-corrected chi connectivity index (χ1v) is 12.0. The molecule has 1 heterocycles. The summed E-state index contributed by atoms with van der Waals surface area (Å²) in [7, 11) is 4.39. The molecule has 4 amide bonds. The Kier molecular flexibility index (Phi) is 9.52. The van der Waals surface area contributed by atoms with Crippen molar-refractivity contribution >= 4 is 46.8 Å². The molecule has 6 N–H and O–H groups in total. The fraction of sp³-hybridized carbons (Fsp3) is 0.360. The minimum Gasteiger partial charge on any atom is -0.506 e. The number of anilines is 4. The van der Waals surface area contributed by atoms with Gasteiger partial charge >= 0.3 is 12.2 Å². The normalized spacial score (nSPS) is 14.5. The van der Waals surface area contributed by atoms with Crippen LogP contribution >= 0.6 is 0 Å². The Balaban J connectivity index is 1.46. The number of rotatable bonds is 8. The Bertz CT molecular complexity index is 1230. The highest BCUT2D eigenvalue weighted by Crippen LogP contribution is 2.28. The molecule has 210 valence electrons. The number of phenolic OH excluding ortho intramolecular Hbond substituents is 2. The number of amides is 4. The summed E-state index contributed by atoms with van der Waals surface area (Å²) in [6, 6.07) is 8.61. The molecule has 0 saturated carbocycles. The number of nitrogens with zero attached hydrogens (tertiary/aromatic N) is 2. The summed E-state index contributed by atoms with van der Waals surface area (Å²) in [5.41, 5.74) is 1.06. The van der Waals surface area contributed by atoms with Crippen molar-refractivity contribution in [2.75, 3.05) is 81.8 Å². The molecule has 0 aliphatic carbocycles. The average molecular weight is 546 g/mol. The second-order valence-corrected chi connectivity index (χ2v) is 9.29. The smallest absolute Gasteiger partial charge is 0.411 e. The van der Waals surface area contributed by atoms with Crippen LogP contribution in [0.2, 0.25) is 0 Å². The summed E-state index contributed by atoms with van der Waals surface area (Å²) in [5.74, 6) is -0.996. The van der Waals surface area contributed by atoms with Gasteiger partial charge in [0.15, 0.2) is 6.54 Å². The van der Waals surface area contributed by atoms with Gasteiger partial charge in [-0.1, -0.05) is 0 Å². The Morgan fingerprint density at radius 2 is 1.26 bits per heavy atom. The third kappa shape index (κ3) is 8.48. The largest absolute Gasteiger partial charge is 0.506 e. The summed E-state index contributed by atoms with van der Waals surface area (Å²) in [6.07, 6.45) is -1.36. The fourth-order valence-corrected chi connectivity index (χ4v) is 4.00. The molecule has 2 aromatic carbocycles. The quantitative estimate of drug-likeness (QED) is 0.213. The number of carbonyl (C=O) groups excluding carboxylic acids is 4. The van der Waals surface area contributed by atoms with Gasteiger partial charge < -0.3 is 34.8 Å². The van der Waals surface area contributed by atoms with Crippen LogP contribution in [0.25, 0.3) is 0 Å². The highest BCUT2D eigenvalue weighted by atomic mass is 16.5. The van der Waals surface area contributed by atoms with E-state index >= 15 is 0 Å². The topological polar surface area (TPSA) is 179 Å². The van der Waals surface area contributed by atoms with Crippen LogP contribution in [0.5, 0.6) is 11.5 Å². The first-order chi connectivity index (χ1) is 18.5. The summed E-state index contributed by atoms with van der Waals surface area (Å²) < 4.78 is 9.46. The van der Waals surface area contributed by atoms with Crippen molar-refractivity contribution in [3.05, 3.63) is 36.4 Å². The number of benzene rings is 2. The number of nitrogens with one attached hydrogen (secondary N) is 4. The maximum absolute atomic E-state index is 12.7. The van der Waals surface area contributed by atoms with Gasteiger partial charge in [-0.2, -0.15) is 0 Å². The van der Waals surface area contributed by atoms with Crippen molar-refractivity contribution in [3.8, 4) is 11.5 Å². The van der Waals surface area contributed by atoms with E-state index in [2.05, 4.69) is 30.7 Å². The number of hydrogen-bond donors (Lipinski definition) is 6. The Morgan fingerprint density at radius 3 is 1.69 bits per heavy atom. The van der Waals surface area contributed by atoms with E-state index < -0.39 is 12.2 Å². The molecule has 14 nitrogen and oxygen atoms in total. The molecule has 0 spiro atoms. The van der Waals surface area contributed by atoms with Crippen molar-refractivity contribution < 1.29 is 43.3 Å². The van der Waals surface area contributed by atoms with Gasteiger partial charge in [0.1, 0.15) is 11.5 Å². The zero-order valence-electron chi connectivity index (χ0n) is 21.9. The predicted molar refractivity (Wildman–Crippen MR) is 143 cm³/mol. The molecular formula is C25H33N6O8+. The van der Waals surface area contributed by atoms with Crippen LogP contribution in [0, 0.1) is 0 Å². The lowest BCUT2D eigenvalue weighted by molar-refractivity contribution is -0.905. The molecular weight excluding hydrogens is 512 g/mol. The Hall–Kier alpha value is -4.56. The van der Waals surface area contributed by atoms with Crippen molar-refractivity contribution in [3.63, 3.8) is 0 Å². The monoisotopic (exact) mass is 545 g/mol. The van der Waals surface area contributed by atoms with Crippen LogP contribution in [-0.2, 0) is 19.1 Å². The van der Waals surface area contributed by atoms with E-state index in [1.54, 1.807) is 0 Å². The number of phenols is 2. The zero-order valence-corrected chi connectivity index (χ0v) is 21.9. The third-order valence-electron chi connectivity index (χ3n) is 6.21. The van der Waals surface area contributed by atoms with Crippen molar-refractivity contribution in [1.82, 2.24) is 4.90 Å². The van der Waals surface area contributed by atoms with E-state index in [4.69, 9.17) is 0 Å². The van der Waals surface area contributed by atoms with Gasteiger partial charge in [0.05, 0.1) is 52.3 Å². The molecule has 0 bridgehead atoms. The minimum atomic E-state index is -0.680. The SMILES string of the molecule is COC(=O)Nc1ccc(NC(=O)CN2CC[N+](C)(CC(=O)Nc3ccc(NC(=O)OC)cc3O)CC2)c(O)c1. The van der Waals surface area contributed by atoms with Gasteiger partial charge in [-0.05, 0) is 24.3 Å². The predicted octanol–water partition coefficient (Wildman–Crippen LogP) is 1.79. The summed E-state index contributed by atoms with van der Waals surface area (Å²) >= 11 is 0. The van der Waals surface area contributed by atoms with Crippen LogP contribution < -0.4 is 21.3 Å². The maximum Gasteiger partial charge on any atom is 0.411 e. The van der Waals surface area contributed by atoms with Gasteiger partial charge in [-0.25, -0.2) is 9.59 Å². The van der Waals surface area contributed by atoms with Crippen molar-refractivity contribution in [2.45, 2.75) is 0 Å². The first kappa shape index (κ1) is 29.0. The standard InChI is InChI=1S/C25H32N6O8/c1-31(15-23(35)29-19-7-5-17(13-21(19)33)27-25(37)39-3)10-8-30(9-11-31)14-22(34)28-18-6-4-16(12-20(18)32)26-24(36)38-2/h4-7,12-13H,8-11,14-15H2,1-3H3,(H5-,26,27,28,29,32,33,34,35,36,37)/p+1. The second-order valence-electron chi connectivity index (χ2n) is 9.29. The molecule has 0 atom stereocenters. The van der Waals surface area contributed by atoms with E-state index in [0.717, 1.165) is 0 Å². The minimum absolute atomic E-state index is 0.105.